The monoisotopic (exact) mass is 274 g/mol. The van der Waals surface area contributed by atoms with E-state index in [-0.39, 0.29) is 24.8 Å². The second-order valence-electron chi connectivity index (χ2n) is 3.95. The van der Waals surface area contributed by atoms with E-state index < -0.39 is 0 Å². The largest absolute Gasteiger partial charge is 0.380 e. The van der Waals surface area contributed by atoms with Gasteiger partial charge < -0.3 is 20.9 Å². The van der Waals surface area contributed by atoms with Crippen molar-refractivity contribution in [2.75, 3.05) is 26.4 Å². The van der Waals surface area contributed by atoms with Crippen molar-refractivity contribution in [3.63, 3.8) is 0 Å². The molecule has 4 N–H and O–H groups in total. The van der Waals surface area contributed by atoms with Crippen LogP contribution in [-0.2, 0) is 9.47 Å². The normalized spacial score (nSPS) is 28.9. The summed E-state index contributed by atoms with van der Waals surface area (Å²) >= 11 is 0. The van der Waals surface area contributed by atoms with Crippen LogP contribution in [0, 0.1) is 0 Å². The van der Waals surface area contributed by atoms with E-state index in [0.29, 0.717) is 12.1 Å². The maximum absolute atomic E-state index is 5.51. The van der Waals surface area contributed by atoms with E-state index in [0.717, 1.165) is 52.1 Å². The lowest BCUT2D eigenvalue weighted by Crippen LogP contribution is -2.30. The summed E-state index contributed by atoms with van der Waals surface area (Å²) in [6, 6.07) is 0.627. The molecule has 4 nitrogen and oxygen atoms in total. The minimum Gasteiger partial charge on any atom is -0.380 e. The summed E-state index contributed by atoms with van der Waals surface area (Å²) < 4.78 is 10.1. The van der Waals surface area contributed by atoms with Crippen LogP contribution in [0.3, 0.4) is 0 Å². The highest BCUT2D eigenvalue weighted by Crippen LogP contribution is 2.02. The highest BCUT2D eigenvalue weighted by Gasteiger charge is 2.07. The molecule has 2 atom stereocenters. The molecular formula is C10H24Cl2N2O2. The van der Waals surface area contributed by atoms with Crippen molar-refractivity contribution in [2.24, 2.45) is 11.5 Å². The number of halogens is 2. The van der Waals surface area contributed by atoms with Gasteiger partial charge >= 0.3 is 0 Å². The Morgan fingerprint density at radius 1 is 0.750 bits per heavy atom. The molecule has 100 valence electrons. The Kier molecular flexibility index (Phi) is 14.0. The van der Waals surface area contributed by atoms with Gasteiger partial charge in [0.25, 0.3) is 0 Å². The van der Waals surface area contributed by atoms with Crippen LogP contribution >= 0.6 is 24.8 Å². The van der Waals surface area contributed by atoms with E-state index in [2.05, 4.69) is 0 Å². The number of nitrogens with two attached hydrogens (primary N) is 2. The van der Waals surface area contributed by atoms with Crippen molar-refractivity contribution in [2.45, 2.75) is 37.8 Å². The fourth-order valence-electron chi connectivity index (χ4n) is 1.53. The smallest absolute Gasteiger partial charge is 0.0617 e. The van der Waals surface area contributed by atoms with Crippen LogP contribution in [0.15, 0.2) is 0 Å². The highest BCUT2D eigenvalue weighted by molar-refractivity contribution is 5.85. The Balaban J connectivity index is 0. The van der Waals surface area contributed by atoms with Gasteiger partial charge in [0.15, 0.2) is 0 Å². The molecule has 0 unspecified atom stereocenters. The summed E-state index contributed by atoms with van der Waals surface area (Å²) in [6.45, 7) is 3.35. The molecule has 2 aliphatic heterocycles. The molecule has 0 aromatic rings. The summed E-state index contributed by atoms with van der Waals surface area (Å²) in [5, 5.41) is 0. The van der Waals surface area contributed by atoms with Crippen molar-refractivity contribution >= 4 is 24.8 Å². The van der Waals surface area contributed by atoms with Gasteiger partial charge in [-0.2, -0.15) is 0 Å². The average Bonchev–Trinajstić information content (AvgIpc) is 2.21. The zero-order valence-electron chi connectivity index (χ0n) is 9.60. The van der Waals surface area contributed by atoms with Crippen LogP contribution in [0.4, 0.5) is 0 Å². The van der Waals surface area contributed by atoms with E-state index in [4.69, 9.17) is 20.9 Å². The fraction of sp³-hybridized carbons (Fsp3) is 1.00. The number of rotatable bonds is 0. The van der Waals surface area contributed by atoms with E-state index in [1.807, 2.05) is 0 Å². The lowest BCUT2D eigenvalue weighted by atomic mass is 10.1. The Labute approximate surface area is 110 Å². The summed E-state index contributed by atoms with van der Waals surface area (Å²) in [7, 11) is 0. The molecule has 0 aromatic heterocycles. The van der Waals surface area contributed by atoms with Crippen molar-refractivity contribution in [1.82, 2.24) is 0 Å². The summed E-state index contributed by atoms with van der Waals surface area (Å²) in [5.74, 6) is 0. The first-order chi connectivity index (χ1) is 6.79. The maximum atomic E-state index is 5.51. The van der Waals surface area contributed by atoms with Crippen LogP contribution in [-0.4, -0.2) is 38.5 Å². The molecule has 2 rings (SSSR count). The Bertz CT molecular complexity index is 125. The predicted octanol–water partition coefficient (Wildman–Crippen LogP) is 1.09. The topological polar surface area (TPSA) is 70.5 Å². The Morgan fingerprint density at radius 2 is 1.12 bits per heavy atom. The molecule has 2 fully saturated rings. The lowest BCUT2D eigenvalue weighted by Gasteiger charge is -2.16. The maximum Gasteiger partial charge on any atom is 0.0617 e. The third kappa shape index (κ3) is 9.63. The van der Waals surface area contributed by atoms with Crippen LogP contribution in [0.5, 0.6) is 0 Å². The zero-order chi connectivity index (χ0) is 10.2. The molecule has 2 heterocycles. The van der Waals surface area contributed by atoms with Crippen molar-refractivity contribution in [3.8, 4) is 0 Å². The zero-order valence-corrected chi connectivity index (χ0v) is 11.2. The van der Waals surface area contributed by atoms with E-state index in [1.54, 1.807) is 0 Å². The first-order valence-electron chi connectivity index (χ1n) is 5.45. The van der Waals surface area contributed by atoms with Gasteiger partial charge in [0.1, 0.15) is 0 Å². The van der Waals surface area contributed by atoms with Gasteiger partial charge in [0.2, 0.25) is 0 Å². The van der Waals surface area contributed by atoms with Crippen molar-refractivity contribution in [1.29, 1.82) is 0 Å². The van der Waals surface area contributed by atoms with Crippen molar-refractivity contribution < 1.29 is 9.47 Å². The molecule has 0 bridgehead atoms. The van der Waals surface area contributed by atoms with Gasteiger partial charge in [-0.1, -0.05) is 0 Å². The van der Waals surface area contributed by atoms with Gasteiger partial charge in [0, 0.05) is 25.3 Å². The first kappa shape index (κ1) is 18.8. The molecule has 0 amide bonds. The van der Waals surface area contributed by atoms with Crippen LogP contribution in [0.25, 0.3) is 0 Å². The molecule has 2 saturated heterocycles. The molecule has 0 aliphatic carbocycles. The predicted molar refractivity (Wildman–Crippen MR) is 70.6 cm³/mol. The second-order valence-corrected chi connectivity index (χ2v) is 3.95. The van der Waals surface area contributed by atoms with Gasteiger partial charge in [-0.25, -0.2) is 0 Å². The molecule has 16 heavy (non-hydrogen) atoms. The minimum atomic E-state index is 0. The van der Waals surface area contributed by atoms with Gasteiger partial charge in [-0.3, -0.25) is 0 Å². The highest BCUT2D eigenvalue weighted by atomic mass is 35.5. The Morgan fingerprint density at radius 3 is 1.25 bits per heavy atom. The summed E-state index contributed by atoms with van der Waals surface area (Å²) in [6.07, 6.45) is 4.56. The second kappa shape index (κ2) is 11.9. The van der Waals surface area contributed by atoms with Crippen LogP contribution in [0.2, 0.25) is 0 Å². The van der Waals surface area contributed by atoms with Crippen LogP contribution in [0.1, 0.15) is 25.7 Å². The van der Waals surface area contributed by atoms with Crippen LogP contribution < -0.4 is 11.5 Å². The third-order valence-corrected chi connectivity index (χ3v) is 2.39. The summed E-state index contributed by atoms with van der Waals surface area (Å²) in [4.78, 5) is 0. The number of hydrogen-bond acceptors (Lipinski definition) is 4. The van der Waals surface area contributed by atoms with Gasteiger partial charge in [-0.05, 0) is 25.7 Å². The Hall–Kier alpha value is 0.420. The minimum absolute atomic E-state index is 0. The van der Waals surface area contributed by atoms with E-state index in [1.165, 1.54) is 0 Å². The standard InChI is InChI=1S/2C5H11NO.2ClH/c2*6-5-2-1-3-7-4-5;;/h2*5H,1-4,6H2;2*1H/t2*5-;;/m00../s1. The lowest BCUT2D eigenvalue weighted by molar-refractivity contribution is 0.0822. The van der Waals surface area contributed by atoms with Gasteiger partial charge in [-0.15, -0.1) is 24.8 Å². The number of ether oxygens (including phenoxy) is 2. The first-order valence-corrected chi connectivity index (χ1v) is 5.45. The molecule has 0 radical (unpaired) electrons. The average molecular weight is 275 g/mol. The quantitative estimate of drug-likeness (QED) is 0.694. The van der Waals surface area contributed by atoms with E-state index in [9.17, 15) is 0 Å². The van der Waals surface area contributed by atoms with Crippen molar-refractivity contribution in [3.05, 3.63) is 0 Å². The molecule has 2 aliphatic rings. The third-order valence-electron chi connectivity index (χ3n) is 2.39. The summed E-state index contributed by atoms with van der Waals surface area (Å²) in [5.41, 5.74) is 11.0. The van der Waals surface area contributed by atoms with E-state index >= 15 is 0 Å². The molecule has 0 aromatic carbocycles. The SMILES string of the molecule is Cl.Cl.N[C@H]1CCCOC1.N[C@H]1CCCOC1. The molecule has 0 saturated carbocycles. The molecular weight excluding hydrogens is 251 g/mol. The fourth-order valence-corrected chi connectivity index (χ4v) is 1.53. The van der Waals surface area contributed by atoms with Gasteiger partial charge in [0.05, 0.1) is 13.2 Å². The molecule has 6 heteroatoms. The number of hydrogen-bond donors (Lipinski definition) is 2. The molecule has 0 spiro atoms.